The van der Waals surface area contributed by atoms with Crippen molar-refractivity contribution in [3.8, 4) is 17.0 Å². The summed E-state index contributed by atoms with van der Waals surface area (Å²) in [4.78, 5) is 19.8. The highest BCUT2D eigenvalue weighted by Crippen LogP contribution is 2.39. The van der Waals surface area contributed by atoms with E-state index in [0.29, 0.717) is 11.5 Å². The van der Waals surface area contributed by atoms with E-state index in [0.717, 1.165) is 55.5 Å². The number of hydrogen-bond acceptors (Lipinski definition) is 7. The molecule has 2 fully saturated rings. The molecule has 2 aromatic heterocycles. The third-order valence-corrected chi connectivity index (χ3v) is 6.95. The second-order valence-electron chi connectivity index (χ2n) is 9.74. The van der Waals surface area contributed by atoms with Gasteiger partial charge in [-0.2, -0.15) is 0 Å². The van der Waals surface area contributed by atoms with Crippen LogP contribution in [-0.2, 0) is 4.74 Å². The Morgan fingerprint density at radius 2 is 1.80 bits per heavy atom. The Bertz CT molecular complexity index is 1180. The Labute approximate surface area is 206 Å². The van der Waals surface area contributed by atoms with Crippen LogP contribution in [0.15, 0.2) is 30.3 Å². The number of ether oxygens (including phenoxy) is 2. The van der Waals surface area contributed by atoms with Crippen molar-refractivity contribution in [3.05, 3.63) is 36.0 Å². The van der Waals surface area contributed by atoms with Gasteiger partial charge in [-0.1, -0.05) is 31.4 Å². The number of nitrogens with zero attached hydrogens (tertiary/aromatic N) is 4. The standard InChI is InChI=1S/C27H35N5O3/c1-18(2)35-26-24-22(19-9-11-20(12-10-19)31-15-13-28-14-16-31)17-23(27(33)34-3)29-25(24)32(30-26)21-7-5-4-6-8-21/h9-12,17-18,21,28H,4-8,13-16H2,1-3H3. The minimum atomic E-state index is -0.451. The van der Waals surface area contributed by atoms with Crippen molar-refractivity contribution in [1.82, 2.24) is 20.1 Å². The van der Waals surface area contributed by atoms with Crippen LogP contribution >= 0.6 is 0 Å². The molecule has 2 aliphatic rings. The van der Waals surface area contributed by atoms with E-state index in [1.807, 2.05) is 24.6 Å². The second-order valence-corrected chi connectivity index (χ2v) is 9.74. The summed E-state index contributed by atoms with van der Waals surface area (Å²) >= 11 is 0. The lowest BCUT2D eigenvalue weighted by atomic mass is 9.95. The summed E-state index contributed by atoms with van der Waals surface area (Å²) in [5.41, 5.74) is 4.06. The van der Waals surface area contributed by atoms with Gasteiger partial charge in [-0.25, -0.2) is 14.5 Å². The Kier molecular flexibility index (Phi) is 6.90. The molecule has 1 N–H and O–H groups in total. The summed E-state index contributed by atoms with van der Waals surface area (Å²) < 4.78 is 13.3. The number of piperazine rings is 1. The predicted molar refractivity (Wildman–Crippen MR) is 137 cm³/mol. The van der Waals surface area contributed by atoms with Crippen LogP contribution in [0, 0.1) is 0 Å². The monoisotopic (exact) mass is 477 g/mol. The molecule has 0 spiro atoms. The molecule has 3 heterocycles. The molecule has 0 unspecified atom stereocenters. The maximum Gasteiger partial charge on any atom is 0.356 e. The molecule has 35 heavy (non-hydrogen) atoms. The molecule has 1 saturated heterocycles. The quantitative estimate of drug-likeness (QED) is 0.520. The van der Waals surface area contributed by atoms with Crippen LogP contribution in [0.3, 0.4) is 0 Å². The van der Waals surface area contributed by atoms with E-state index in [-0.39, 0.29) is 17.8 Å². The van der Waals surface area contributed by atoms with Gasteiger partial charge < -0.3 is 19.7 Å². The van der Waals surface area contributed by atoms with Crippen molar-refractivity contribution in [2.45, 2.75) is 58.1 Å². The first-order chi connectivity index (χ1) is 17.0. The lowest BCUT2D eigenvalue weighted by Crippen LogP contribution is -2.43. The lowest BCUT2D eigenvalue weighted by molar-refractivity contribution is 0.0594. The van der Waals surface area contributed by atoms with Crippen molar-refractivity contribution >= 4 is 22.7 Å². The highest BCUT2D eigenvalue weighted by molar-refractivity contribution is 6.01. The summed E-state index contributed by atoms with van der Waals surface area (Å²) in [7, 11) is 1.39. The van der Waals surface area contributed by atoms with E-state index in [1.54, 1.807) is 0 Å². The molecule has 0 amide bonds. The van der Waals surface area contributed by atoms with Gasteiger partial charge >= 0.3 is 5.97 Å². The highest BCUT2D eigenvalue weighted by Gasteiger charge is 2.27. The van der Waals surface area contributed by atoms with Crippen LogP contribution in [0.5, 0.6) is 5.88 Å². The van der Waals surface area contributed by atoms with Crippen molar-refractivity contribution in [3.63, 3.8) is 0 Å². The van der Waals surface area contributed by atoms with Gasteiger partial charge in [0.15, 0.2) is 11.3 Å². The Hall–Kier alpha value is -3.13. The highest BCUT2D eigenvalue weighted by atomic mass is 16.5. The average molecular weight is 478 g/mol. The maximum absolute atomic E-state index is 12.6. The van der Waals surface area contributed by atoms with Crippen LogP contribution < -0.4 is 15.0 Å². The summed E-state index contributed by atoms with van der Waals surface area (Å²) in [5.74, 6) is 0.124. The van der Waals surface area contributed by atoms with E-state index in [4.69, 9.17) is 19.6 Å². The zero-order valence-corrected chi connectivity index (χ0v) is 20.9. The number of fused-ring (bicyclic) bond motifs is 1. The molecule has 5 rings (SSSR count). The van der Waals surface area contributed by atoms with Gasteiger partial charge in [0, 0.05) is 37.4 Å². The smallest absolute Gasteiger partial charge is 0.356 e. The minimum absolute atomic E-state index is 0.0314. The number of benzene rings is 1. The van der Waals surface area contributed by atoms with E-state index in [9.17, 15) is 4.79 Å². The maximum atomic E-state index is 12.6. The molecule has 3 aromatic rings. The summed E-state index contributed by atoms with van der Waals surface area (Å²) in [6.45, 7) is 7.97. The summed E-state index contributed by atoms with van der Waals surface area (Å²) in [6, 6.07) is 10.6. The third kappa shape index (κ3) is 4.85. The molecule has 186 valence electrons. The number of nitrogens with one attached hydrogen (secondary N) is 1. The number of anilines is 1. The number of esters is 1. The van der Waals surface area contributed by atoms with Gasteiger partial charge in [-0.05, 0) is 50.5 Å². The van der Waals surface area contributed by atoms with Crippen LogP contribution in [-0.4, -0.2) is 60.1 Å². The molecule has 1 aliphatic heterocycles. The van der Waals surface area contributed by atoms with Gasteiger partial charge in [0.1, 0.15) is 0 Å². The largest absolute Gasteiger partial charge is 0.473 e. The second kappa shape index (κ2) is 10.2. The topological polar surface area (TPSA) is 81.5 Å². The van der Waals surface area contributed by atoms with E-state index in [1.165, 1.54) is 32.1 Å². The Balaban J connectivity index is 1.66. The molecule has 1 aromatic carbocycles. The zero-order chi connectivity index (χ0) is 24.4. The van der Waals surface area contributed by atoms with Crippen molar-refractivity contribution in [1.29, 1.82) is 0 Å². The molecular formula is C27H35N5O3. The van der Waals surface area contributed by atoms with Gasteiger partial charge in [0.05, 0.1) is 24.6 Å². The fraction of sp³-hybridized carbons (Fsp3) is 0.519. The number of rotatable bonds is 6. The van der Waals surface area contributed by atoms with Gasteiger partial charge in [0.2, 0.25) is 5.88 Å². The Morgan fingerprint density at radius 1 is 1.09 bits per heavy atom. The van der Waals surface area contributed by atoms with Crippen LogP contribution in [0.2, 0.25) is 0 Å². The predicted octanol–water partition coefficient (Wildman–Crippen LogP) is 4.59. The molecule has 8 nitrogen and oxygen atoms in total. The molecule has 0 atom stereocenters. The van der Waals surface area contributed by atoms with Crippen LogP contribution in [0.25, 0.3) is 22.2 Å². The number of hydrogen-bond donors (Lipinski definition) is 1. The molecule has 8 heteroatoms. The molecular weight excluding hydrogens is 442 g/mol. The van der Waals surface area contributed by atoms with Crippen molar-refractivity contribution in [2.75, 3.05) is 38.2 Å². The number of carbonyl (C=O) groups is 1. The molecule has 1 saturated carbocycles. The lowest BCUT2D eigenvalue weighted by Gasteiger charge is -2.29. The third-order valence-electron chi connectivity index (χ3n) is 6.95. The number of methoxy groups -OCH3 is 1. The van der Waals surface area contributed by atoms with E-state index in [2.05, 4.69) is 34.5 Å². The van der Waals surface area contributed by atoms with Crippen LogP contribution in [0.1, 0.15) is 62.5 Å². The van der Waals surface area contributed by atoms with E-state index < -0.39 is 5.97 Å². The first-order valence-electron chi connectivity index (χ1n) is 12.8. The van der Waals surface area contributed by atoms with Gasteiger partial charge in [-0.3, -0.25) is 0 Å². The first-order valence-corrected chi connectivity index (χ1v) is 12.8. The Morgan fingerprint density at radius 3 is 2.46 bits per heavy atom. The normalized spacial score (nSPS) is 17.2. The fourth-order valence-electron chi connectivity index (χ4n) is 5.20. The SMILES string of the molecule is COC(=O)c1cc(-c2ccc(N3CCNCC3)cc2)c2c(OC(C)C)nn(C3CCCCC3)c2n1. The van der Waals surface area contributed by atoms with Crippen LogP contribution in [0.4, 0.5) is 5.69 Å². The number of carbonyl (C=O) groups excluding carboxylic acids is 1. The van der Waals surface area contributed by atoms with Gasteiger partial charge in [0.25, 0.3) is 0 Å². The van der Waals surface area contributed by atoms with Crippen molar-refractivity contribution in [2.24, 2.45) is 0 Å². The number of aromatic nitrogens is 3. The van der Waals surface area contributed by atoms with E-state index >= 15 is 0 Å². The molecule has 1 aliphatic carbocycles. The summed E-state index contributed by atoms with van der Waals surface area (Å²) in [6.07, 6.45) is 5.66. The average Bonchev–Trinajstić information content (AvgIpc) is 3.26. The van der Waals surface area contributed by atoms with Gasteiger partial charge in [-0.15, -0.1) is 5.10 Å². The van der Waals surface area contributed by atoms with Crippen molar-refractivity contribution < 1.29 is 14.3 Å². The first kappa shape index (κ1) is 23.6. The molecule has 0 radical (unpaired) electrons. The zero-order valence-electron chi connectivity index (χ0n) is 20.9. The number of pyridine rings is 1. The summed E-state index contributed by atoms with van der Waals surface area (Å²) in [5, 5.41) is 9.17. The minimum Gasteiger partial charge on any atom is -0.473 e. The molecule has 0 bridgehead atoms. The fourth-order valence-corrected chi connectivity index (χ4v) is 5.20.